The Labute approximate surface area is 155 Å². The van der Waals surface area contributed by atoms with Crippen molar-refractivity contribution in [3.8, 4) is 11.5 Å². The number of nitrogens with one attached hydrogen (secondary N) is 2. The van der Waals surface area contributed by atoms with Crippen molar-refractivity contribution in [2.24, 2.45) is 0 Å². The molecule has 7 heteroatoms. The van der Waals surface area contributed by atoms with Gasteiger partial charge in [-0.05, 0) is 24.3 Å². The maximum atomic E-state index is 12.7. The van der Waals surface area contributed by atoms with Gasteiger partial charge in [0.25, 0.3) is 5.91 Å². The molecule has 0 spiro atoms. The lowest BCUT2D eigenvalue weighted by molar-refractivity contribution is 0.0596. The average molecular weight is 366 g/mol. The van der Waals surface area contributed by atoms with Crippen LogP contribution in [0.3, 0.4) is 0 Å². The first-order chi connectivity index (χ1) is 13.2. The second-order valence-electron chi connectivity index (χ2n) is 6.09. The van der Waals surface area contributed by atoms with E-state index < -0.39 is 5.97 Å². The van der Waals surface area contributed by atoms with Gasteiger partial charge in [-0.25, -0.2) is 4.79 Å². The van der Waals surface area contributed by atoms with Gasteiger partial charge in [-0.2, -0.15) is 0 Å². The van der Waals surface area contributed by atoms with Crippen molar-refractivity contribution in [3.05, 3.63) is 53.7 Å². The Morgan fingerprint density at radius 3 is 2.63 bits per heavy atom. The summed E-state index contributed by atoms with van der Waals surface area (Å²) in [5, 5.41) is 3.78. The first-order valence-electron chi connectivity index (χ1n) is 8.57. The van der Waals surface area contributed by atoms with E-state index in [1.54, 1.807) is 18.2 Å². The number of anilines is 1. The topological polar surface area (TPSA) is 89.7 Å². The lowest BCUT2D eigenvalue weighted by atomic mass is 10.1. The van der Waals surface area contributed by atoms with Crippen molar-refractivity contribution >= 4 is 28.5 Å². The number of amides is 1. The second-order valence-corrected chi connectivity index (χ2v) is 6.09. The number of aromatic amines is 1. The van der Waals surface area contributed by atoms with E-state index in [1.807, 2.05) is 24.3 Å². The molecular weight excluding hydrogens is 348 g/mol. The van der Waals surface area contributed by atoms with Gasteiger partial charge in [0.15, 0.2) is 11.5 Å². The predicted molar refractivity (Wildman–Crippen MR) is 99.6 cm³/mol. The van der Waals surface area contributed by atoms with Crippen LogP contribution in [0, 0.1) is 0 Å². The quantitative estimate of drug-likeness (QED) is 0.694. The minimum absolute atomic E-state index is 0.262. The Morgan fingerprint density at radius 2 is 1.85 bits per heavy atom. The highest BCUT2D eigenvalue weighted by Crippen LogP contribution is 2.40. The van der Waals surface area contributed by atoms with Crippen LogP contribution in [0.1, 0.15) is 27.3 Å². The van der Waals surface area contributed by atoms with Gasteiger partial charge in [0.05, 0.1) is 26.0 Å². The van der Waals surface area contributed by atoms with Crippen LogP contribution in [-0.4, -0.2) is 37.2 Å². The number of carbonyl (C=O) groups excluding carboxylic acids is 2. The first-order valence-corrected chi connectivity index (χ1v) is 8.57. The number of benzene rings is 2. The van der Waals surface area contributed by atoms with Crippen molar-refractivity contribution in [2.45, 2.75) is 6.42 Å². The van der Waals surface area contributed by atoms with Crippen molar-refractivity contribution in [1.82, 2.24) is 4.98 Å². The van der Waals surface area contributed by atoms with Gasteiger partial charge in [0, 0.05) is 17.3 Å². The number of esters is 1. The third-order valence-electron chi connectivity index (χ3n) is 4.32. The lowest BCUT2D eigenvalue weighted by Crippen LogP contribution is -2.14. The number of carbonyl (C=O) groups is 2. The largest absolute Gasteiger partial charge is 0.489 e. The molecule has 0 atom stereocenters. The molecule has 0 aliphatic carbocycles. The van der Waals surface area contributed by atoms with E-state index in [0.29, 0.717) is 36.8 Å². The SMILES string of the molecule is COC(=O)c1ccc(NC(=O)c2cc3ccccc3[nH]2)c2c1OCCCO2. The van der Waals surface area contributed by atoms with Crippen LogP contribution in [0.15, 0.2) is 42.5 Å². The lowest BCUT2D eigenvalue weighted by Gasteiger charge is -2.15. The first kappa shape index (κ1) is 17.0. The molecule has 3 aromatic rings. The molecule has 138 valence electrons. The summed E-state index contributed by atoms with van der Waals surface area (Å²) < 4.78 is 16.2. The third kappa shape index (κ3) is 3.19. The van der Waals surface area contributed by atoms with Gasteiger partial charge in [0.2, 0.25) is 0 Å². The molecule has 1 aromatic heterocycles. The molecule has 0 fully saturated rings. The van der Waals surface area contributed by atoms with Crippen molar-refractivity contribution in [3.63, 3.8) is 0 Å². The van der Waals surface area contributed by atoms with E-state index >= 15 is 0 Å². The zero-order valence-corrected chi connectivity index (χ0v) is 14.7. The molecule has 2 heterocycles. The Bertz CT molecular complexity index is 991. The summed E-state index contributed by atoms with van der Waals surface area (Å²) >= 11 is 0. The third-order valence-corrected chi connectivity index (χ3v) is 4.32. The van der Waals surface area contributed by atoms with E-state index in [4.69, 9.17) is 14.2 Å². The molecule has 2 N–H and O–H groups in total. The Balaban J connectivity index is 1.69. The monoisotopic (exact) mass is 366 g/mol. The fourth-order valence-corrected chi connectivity index (χ4v) is 3.01. The number of rotatable bonds is 3. The van der Waals surface area contributed by atoms with Gasteiger partial charge >= 0.3 is 5.97 Å². The number of fused-ring (bicyclic) bond motifs is 2. The highest BCUT2D eigenvalue weighted by Gasteiger charge is 2.24. The van der Waals surface area contributed by atoms with Crippen molar-refractivity contribution in [1.29, 1.82) is 0 Å². The molecule has 0 radical (unpaired) electrons. The summed E-state index contributed by atoms with van der Waals surface area (Å²) in [7, 11) is 1.30. The number of para-hydroxylation sites is 1. The molecule has 1 aliphatic heterocycles. The van der Waals surface area contributed by atoms with Crippen LogP contribution in [0.2, 0.25) is 0 Å². The molecule has 0 saturated heterocycles. The van der Waals surface area contributed by atoms with E-state index in [2.05, 4.69) is 10.3 Å². The average Bonchev–Trinajstić information content (AvgIpc) is 2.97. The van der Waals surface area contributed by atoms with Crippen molar-refractivity contribution < 1.29 is 23.8 Å². The van der Waals surface area contributed by atoms with Gasteiger partial charge < -0.3 is 24.5 Å². The number of aromatic nitrogens is 1. The summed E-state index contributed by atoms with van der Waals surface area (Å²) in [5.74, 6) is -0.217. The minimum atomic E-state index is -0.523. The number of hydrogen-bond donors (Lipinski definition) is 2. The van der Waals surface area contributed by atoms with E-state index in [0.717, 1.165) is 10.9 Å². The molecule has 27 heavy (non-hydrogen) atoms. The predicted octanol–water partition coefficient (Wildman–Crippen LogP) is 3.37. The standard InChI is InChI=1S/C20H18N2O5/c1-25-20(24)13-7-8-15(18-17(13)26-9-4-10-27-18)22-19(23)16-11-12-5-2-3-6-14(12)21-16/h2-3,5-8,11,21H,4,9-10H2,1H3,(H,22,23). The fraction of sp³-hybridized carbons (Fsp3) is 0.200. The van der Waals surface area contributed by atoms with Crippen LogP contribution in [0.5, 0.6) is 11.5 Å². The van der Waals surface area contributed by atoms with Gasteiger partial charge in [0.1, 0.15) is 11.3 Å². The molecule has 2 aromatic carbocycles. The zero-order chi connectivity index (χ0) is 18.8. The molecule has 7 nitrogen and oxygen atoms in total. The number of methoxy groups -OCH3 is 1. The Kier molecular flexibility index (Phi) is 4.42. The summed E-state index contributed by atoms with van der Waals surface area (Å²) in [6.07, 6.45) is 0.671. The molecule has 1 amide bonds. The van der Waals surface area contributed by atoms with Gasteiger partial charge in [-0.15, -0.1) is 0 Å². The summed E-state index contributed by atoms with van der Waals surface area (Å²) in [4.78, 5) is 27.8. The zero-order valence-electron chi connectivity index (χ0n) is 14.7. The van der Waals surface area contributed by atoms with Gasteiger partial charge in [-0.1, -0.05) is 18.2 Å². The normalized spacial score (nSPS) is 13.1. The molecule has 0 saturated carbocycles. The van der Waals surface area contributed by atoms with Crippen LogP contribution in [-0.2, 0) is 4.74 Å². The number of hydrogen-bond acceptors (Lipinski definition) is 5. The Hall–Kier alpha value is -3.48. The summed E-state index contributed by atoms with van der Waals surface area (Å²) in [6.45, 7) is 0.837. The highest BCUT2D eigenvalue weighted by molar-refractivity contribution is 6.07. The second kappa shape index (κ2) is 7.03. The maximum Gasteiger partial charge on any atom is 0.341 e. The van der Waals surface area contributed by atoms with Crippen LogP contribution < -0.4 is 14.8 Å². The Morgan fingerprint density at radius 1 is 1.07 bits per heavy atom. The molecule has 4 rings (SSSR count). The molecule has 1 aliphatic rings. The smallest absolute Gasteiger partial charge is 0.341 e. The molecular formula is C20H18N2O5. The fourth-order valence-electron chi connectivity index (χ4n) is 3.01. The maximum absolute atomic E-state index is 12.7. The number of H-pyrrole nitrogens is 1. The molecule has 0 unspecified atom stereocenters. The number of ether oxygens (including phenoxy) is 3. The highest BCUT2D eigenvalue weighted by atomic mass is 16.5. The van der Waals surface area contributed by atoms with E-state index in [9.17, 15) is 9.59 Å². The summed E-state index contributed by atoms with van der Waals surface area (Å²) in [6, 6.07) is 12.6. The van der Waals surface area contributed by atoms with Crippen LogP contribution >= 0.6 is 0 Å². The summed E-state index contributed by atoms with van der Waals surface area (Å²) in [5.41, 5.74) is 2.00. The van der Waals surface area contributed by atoms with Gasteiger partial charge in [-0.3, -0.25) is 4.79 Å². The molecule has 0 bridgehead atoms. The van der Waals surface area contributed by atoms with Crippen LogP contribution in [0.4, 0.5) is 5.69 Å². The van der Waals surface area contributed by atoms with E-state index in [1.165, 1.54) is 7.11 Å². The van der Waals surface area contributed by atoms with Crippen LogP contribution in [0.25, 0.3) is 10.9 Å². The minimum Gasteiger partial charge on any atom is -0.489 e. The van der Waals surface area contributed by atoms with Crippen molar-refractivity contribution in [2.75, 3.05) is 25.6 Å². The van der Waals surface area contributed by atoms with E-state index in [-0.39, 0.29) is 17.2 Å².